The number of halogens is 1. The molecular formula is C13H14ClN3O3S. The number of amides is 3. The summed E-state index contributed by atoms with van der Waals surface area (Å²) in [5.41, 5.74) is 6.54. The van der Waals surface area contributed by atoms with E-state index in [2.05, 4.69) is 5.32 Å². The van der Waals surface area contributed by atoms with Crippen molar-refractivity contribution in [1.29, 1.82) is 0 Å². The smallest absolute Gasteiger partial charge is 0.288 e. The molecule has 21 heavy (non-hydrogen) atoms. The fourth-order valence-corrected chi connectivity index (χ4v) is 2.79. The summed E-state index contributed by atoms with van der Waals surface area (Å²) in [5.74, 6) is -0.0756. The van der Waals surface area contributed by atoms with Gasteiger partial charge in [-0.3, -0.25) is 19.3 Å². The monoisotopic (exact) mass is 327 g/mol. The van der Waals surface area contributed by atoms with E-state index in [0.717, 1.165) is 16.7 Å². The third-order valence-electron chi connectivity index (χ3n) is 2.91. The Morgan fingerprint density at radius 1 is 1.43 bits per heavy atom. The van der Waals surface area contributed by atoms with Crippen LogP contribution in [0.15, 0.2) is 18.2 Å². The van der Waals surface area contributed by atoms with Crippen molar-refractivity contribution in [2.24, 2.45) is 0 Å². The van der Waals surface area contributed by atoms with Crippen LogP contribution >= 0.6 is 23.4 Å². The Balaban J connectivity index is 1.91. The summed E-state index contributed by atoms with van der Waals surface area (Å²) in [4.78, 5) is 36.1. The van der Waals surface area contributed by atoms with Crippen molar-refractivity contribution < 1.29 is 14.4 Å². The van der Waals surface area contributed by atoms with Crippen LogP contribution in [0.3, 0.4) is 0 Å². The van der Waals surface area contributed by atoms with Crippen molar-refractivity contribution in [2.45, 2.75) is 12.8 Å². The Bertz CT molecular complexity index is 578. The number of thioether (sulfide) groups is 1. The molecule has 1 saturated heterocycles. The van der Waals surface area contributed by atoms with E-state index in [-0.39, 0.29) is 30.0 Å². The van der Waals surface area contributed by atoms with Crippen LogP contribution in [-0.2, 0) is 9.59 Å². The molecule has 8 heteroatoms. The van der Waals surface area contributed by atoms with E-state index >= 15 is 0 Å². The number of hydrogen-bond donors (Lipinski definition) is 2. The zero-order valence-electron chi connectivity index (χ0n) is 11.1. The Kier molecular flexibility index (Phi) is 5.08. The maximum absolute atomic E-state index is 11.9. The number of rotatable bonds is 4. The second-order valence-electron chi connectivity index (χ2n) is 4.44. The predicted molar refractivity (Wildman–Crippen MR) is 83.3 cm³/mol. The SMILES string of the molecule is Nc1ccc(Cl)cc1NC(=O)CCN1C(=O)CCSC1=O. The van der Waals surface area contributed by atoms with Crippen LogP contribution in [0.5, 0.6) is 0 Å². The van der Waals surface area contributed by atoms with E-state index in [1.807, 2.05) is 0 Å². The molecule has 1 aliphatic heterocycles. The van der Waals surface area contributed by atoms with Crippen LogP contribution in [0.25, 0.3) is 0 Å². The van der Waals surface area contributed by atoms with Gasteiger partial charge in [0.05, 0.1) is 11.4 Å². The number of nitrogens with one attached hydrogen (secondary N) is 1. The zero-order chi connectivity index (χ0) is 15.4. The molecule has 0 spiro atoms. The lowest BCUT2D eigenvalue weighted by atomic mass is 10.2. The lowest BCUT2D eigenvalue weighted by molar-refractivity contribution is -0.128. The van der Waals surface area contributed by atoms with Crippen LogP contribution in [0, 0.1) is 0 Å². The highest BCUT2D eigenvalue weighted by atomic mass is 35.5. The maximum Gasteiger partial charge on any atom is 0.288 e. The minimum Gasteiger partial charge on any atom is -0.397 e. The lowest BCUT2D eigenvalue weighted by Gasteiger charge is -2.23. The van der Waals surface area contributed by atoms with E-state index in [0.29, 0.717) is 28.6 Å². The highest BCUT2D eigenvalue weighted by Crippen LogP contribution is 2.23. The first-order valence-electron chi connectivity index (χ1n) is 6.29. The Morgan fingerprint density at radius 3 is 2.90 bits per heavy atom. The van der Waals surface area contributed by atoms with E-state index in [1.54, 1.807) is 18.2 Å². The summed E-state index contributed by atoms with van der Waals surface area (Å²) in [6.45, 7) is 0.0664. The summed E-state index contributed by atoms with van der Waals surface area (Å²) < 4.78 is 0. The first-order valence-corrected chi connectivity index (χ1v) is 7.65. The number of carbonyl (C=O) groups is 3. The molecule has 6 nitrogen and oxygen atoms in total. The fourth-order valence-electron chi connectivity index (χ4n) is 1.82. The molecule has 0 aliphatic carbocycles. The van der Waals surface area contributed by atoms with Gasteiger partial charge in [0.2, 0.25) is 11.8 Å². The zero-order valence-corrected chi connectivity index (χ0v) is 12.7. The largest absolute Gasteiger partial charge is 0.397 e. The molecule has 1 aromatic carbocycles. The van der Waals surface area contributed by atoms with Crippen molar-refractivity contribution in [3.05, 3.63) is 23.2 Å². The van der Waals surface area contributed by atoms with Gasteiger partial charge in [-0.05, 0) is 18.2 Å². The summed E-state index contributed by atoms with van der Waals surface area (Å²) in [6.07, 6.45) is 0.337. The van der Waals surface area contributed by atoms with E-state index in [1.165, 1.54) is 0 Å². The molecule has 1 aromatic rings. The minimum absolute atomic E-state index is 0.0179. The lowest BCUT2D eigenvalue weighted by Crippen LogP contribution is -2.39. The molecule has 3 N–H and O–H groups in total. The maximum atomic E-state index is 11.9. The number of nitrogen functional groups attached to an aromatic ring is 1. The summed E-state index contributed by atoms with van der Waals surface area (Å²) >= 11 is 6.92. The molecule has 3 amide bonds. The van der Waals surface area contributed by atoms with Gasteiger partial charge in [0, 0.05) is 30.2 Å². The van der Waals surface area contributed by atoms with Crippen LogP contribution in [0.4, 0.5) is 16.2 Å². The number of hydrogen-bond acceptors (Lipinski definition) is 5. The summed E-state index contributed by atoms with van der Waals surface area (Å²) in [6, 6.07) is 4.75. The molecule has 1 heterocycles. The Labute approximate surface area is 131 Å². The number of imide groups is 1. The van der Waals surface area contributed by atoms with Gasteiger partial charge in [0.1, 0.15) is 0 Å². The van der Waals surface area contributed by atoms with Gasteiger partial charge in [0.25, 0.3) is 5.24 Å². The molecule has 0 radical (unpaired) electrons. The molecule has 2 rings (SSSR count). The number of nitrogens with zero attached hydrogens (tertiary/aromatic N) is 1. The summed E-state index contributed by atoms with van der Waals surface area (Å²) in [7, 11) is 0. The average Bonchev–Trinajstić information content (AvgIpc) is 2.42. The molecular weight excluding hydrogens is 314 g/mol. The molecule has 1 fully saturated rings. The molecule has 112 valence electrons. The van der Waals surface area contributed by atoms with Crippen LogP contribution in [0.2, 0.25) is 5.02 Å². The Morgan fingerprint density at radius 2 is 2.19 bits per heavy atom. The van der Waals surface area contributed by atoms with Crippen molar-refractivity contribution in [1.82, 2.24) is 4.90 Å². The highest BCUT2D eigenvalue weighted by Gasteiger charge is 2.26. The normalized spacial score (nSPS) is 15.2. The second-order valence-corrected chi connectivity index (χ2v) is 5.92. The predicted octanol–water partition coefficient (Wildman–Crippen LogP) is 2.34. The summed E-state index contributed by atoms with van der Waals surface area (Å²) in [5, 5.41) is 2.77. The van der Waals surface area contributed by atoms with Gasteiger partial charge in [0.15, 0.2) is 0 Å². The van der Waals surface area contributed by atoms with E-state index in [9.17, 15) is 14.4 Å². The second kappa shape index (κ2) is 6.82. The van der Waals surface area contributed by atoms with Crippen LogP contribution < -0.4 is 11.1 Å². The van der Waals surface area contributed by atoms with Gasteiger partial charge >= 0.3 is 0 Å². The topological polar surface area (TPSA) is 92.5 Å². The van der Waals surface area contributed by atoms with E-state index < -0.39 is 0 Å². The third-order valence-corrected chi connectivity index (χ3v) is 4.03. The third kappa shape index (κ3) is 4.12. The number of anilines is 2. The van der Waals surface area contributed by atoms with Crippen molar-refractivity contribution in [2.75, 3.05) is 23.3 Å². The molecule has 0 saturated carbocycles. The van der Waals surface area contributed by atoms with Crippen molar-refractivity contribution in [3.8, 4) is 0 Å². The number of benzene rings is 1. The van der Waals surface area contributed by atoms with Gasteiger partial charge < -0.3 is 11.1 Å². The average molecular weight is 328 g/mol. The Hall–Kier alpha value is -1.73. The van der Waals surface area contributed by atoms with Crippen LogP contribution in [0.1, 0.15) is 12.8 Å². The van der Waals surface area contributed by atoms with Crippen molar-refractivity contribution >= 4 is 51.8 Å². The standard InChI is InChI=1S/C13H14ClN3O3S/c14-8-1-2-9(15)10(7-8)16-11(18)3-5-17-12(19)4-6-21-13(17)20/h1-2,7H,3-6,15H2,(H,16,18). The van der Waals surface area contributed by atoms with Gasteiger partial charge in [-0.15, -0.1) is 0 Å². The quantitative estimate of drug-likeness (QED) is 0.828. The highest BCUT2D eigenvalue weighted by molar-refractivity contribution is 8.13. The fraction of sp³-hybridized carbons (Fsp3) is 0.308. The van der Waals surface area contributed by atoms with Crippen LogP contribution in [-0.4, -0.2) is 34.3 Å². The molecule has 1 aliphatic rings. The van der Waals surface area contributed by atoms with Gasteiger partial charge in [-0.1, -0.05) is 23.4 Å². The minimum atomic E-state index is -0.333. The number of nitrogens with two attached hydrogens (primary N) is 1. The van der Waals surface area contributed by atoms with Crippen molar-refractivity contribution in [3.63, 3.8) is 0 Å². The molecule has 0 atom stereocenters. The molecule has 0 bridgehead atoms. The first-order chi connectivity index (χ1) is 9.97. The molecule has 0 aromatic heterocycles. The first kappa shape index (κ1) is 15.7. The number of carbonyl (C=O) groups excluding carboxylic acids is 3. The van der Waals surface area contributed by atoms with Gasteiger partial charge in [-0.2, -0.15) is 0 Å². The van der Waals surface area contributed by atoms with E-state index in [4.69, 9.17) is 17.3 Å². The molecule has 0 unspecified atom stereocenters. The van der Waals surface area contributed by atoms with Gasteiger partial charge in [-0.25, -0.2) is 0 Å².